The first-order chi connectivity index (χ1) is 8.24. The summed E-state index contributed by atoms with van der Waals surface area (Å²) >= 11 is 1.93. The topological polar surface area (TPSA) is 46.5 Å². The third-order valence-corrected chi connectivity index (χ3v) is 3.87. The fourth-order valence-electron chi connectivity index (χ4n) is 1.78. The number of aryl methyl sites for hydroxylation is 1. The molecule has 2 rings (SSSR count). The minimum absolute atomic E-state index is 0.180. The molecule has 1 aliphatic heterocycles. The van der Waals surface area contributed by atoms with Gasteiger partial charge in [-0.05, 0) is 36.3 Å². The van der Waals surface area contributed by atoms with Crippen LogP contribution >= 0.6 is 11.8 Å². The lowest BCUT2D eigenvalue weighted by atomic mass is 10.1. The van der Waals surface area contributed by atoms with Crippen LogP contribution in [0.15, 0.2) is 24.3 Å². The largest absolute Gasteiger partial charge is 0.490 e. The van der Waals surface area contributed by atoms with Gasteiger partial charge >= 0.3 is 5.97 Å². The Labute approximate surface area is 105 Å². The molecule has 0 aromatic heterocycles. The highest BCUT2D eigenvalue weighted by molar-refractivity contribution is 7.99. The van der Waals surface area contributed by atoms with E-state index in [2.05, 4.69) is 0 Å². The van der Waals surface area contributed by atoms with Crippen molar-refractivity contribution in [3.05, 3.63) is 29.8 Å². The molecule has 0 aliphatic carbocycles. The number of benzene rings is 1. The van der Waals surface area contributed by atoms with E-state index in [9.17, 15) is 4.79 Å². The molecule has 1 aromatic carbocycles. The van der Waals surface area contributed by atoms with E-state index < -0.39 is 5.97 Å². The Morgan fingerprint density at radius 1 is 1.41 bits per heavy atom. The summed E-state index contributed by atoms with van der Waals surface area (Å²) in [6.07, 6.45) is 2.21. The standard InChI is InChI=1S/C13H16O3S/c14-13(15)6-3-10-1-4-11(5-2-10)16-12-7-8-17-9-12/h1-2,4-5,12H,3,6-9H2,(H,14,15). The SMILES string of the molecule is O=C(O)CCc1ccc(OC2CCSC2)cc1. The van der Waals surface area contributed by atoms with E-state index in [-0.39, 0.29) is 6.42 Å². The monoisotopic (exact) mass is 252 g/mol. The van der Waals surface area contributed by atoms with Crippen LogP contribution in [0.4, 0.5) is 0 Å². The first kappa shape index (κ1) is 12.3. The first-order valence-electron chi connectivity index (χ1n) is 5.79. The van der Waals surface area contributed by atoms with Crippen molar-refractivity contribution in [1.82, 2.24) is 0 Å². The Morgan fingerprint density at radius 2 is 2.18 bits per heavy atom. The van der Waals surface area contributed by atoms with E-state index >= 15 is 0 Å². The smallest absolute Gasteiger partial charge is 0.303 e. The maximum absolute atomic E-state index is 10.4. The van der Waals surface area contributed by atoms with E-state index in [0.29, 0.717) is 12.5 Å². The summed E-state index contributed by atoms with van der Waals surface area (Å²) < 4.78 is 5.82. The average molecular weight is 252 g/mol. The molecular weight excluding hydrogens is 236 g/mol. The summed E-state index contributed by atoms with van der Waals surface area (Å²) in [6.45, 7) is 0. The molecule has 1 unspecified atom stereocenters. The molecule has 3 nitrogen and oxygen atoms in total. The van der Waals surface area contributed by atoms with Crippen molar-refractivity contribution in [2.45, 2.75) is 25.4 Å². The minimum atomic E-state index is -0.756. The maximum atomic E-state index is 10.4. The van der Waals surface area contributed by atoms with Gasteiger partial charge in [-0.3, -0.25) is 4.79 Å². The molecule has 17 heavy (non-hydrogen) atoms. The van der Waals surface area contributed by atoms with E-state index in [1.54, 1.807) is 0 Å². The van der Waals surface area contributed by atoms with Gasteiger partial charge in [-0.25, -0.2) is 0 Å². The second-order valence-electron chi connectivity index (χ2n) is 4.14. The highest BCUT2D eigenvalue weighted by atomic mass is 32.2. The Balaban J connectivity index is 1.86. The zero-order valence-corrected chi connectivity index (χ0v) is 10.4. The molecule has 1 saturated heterocycles. The molecular formula is C13H16O3S. The maximum Gasteiger partial charge on any atom is 0.303 e. The molecule has 1 fully saturated rings. The minimum Gasteiger partial charge on any atom is -0.490 e. The highest BCUT2D eigenvalue weighted by Crippen LogP contribution is 2.23. The van der Waals surface area contributed by atoms with Crippen molar-refractivity contribution >= 4 is 17.7 Å². The van der Waals surface area contributed by atoms with Gasteiger partial charge in [0.1, 0.15) is 11.9 Å². The average Bonchev–Trinajstić information content (AvgIpc) is 2.81. The van der Waals surface area contributed by atoms with Crippen molar-refractivity contribution in [2.24, 2.45) is 0 Å². The summed E-state index contributed by atoms with van der Waals surface area (Å²) in [5, 5.41) is 8.59. The van der Waals surface area contributed by atoms with Gasteiger partial charge in [0.05, 0.1) is 0 Å². The lowest BCUT2D eigenvalue weighted by Crippen LogP contribution is -2.14. The number of carboxylic acids is 1. The molecule has 1 aromatic rings. The molecule has 92 valence electrons. The zero-order chi connectivity index (χ0) is 12.1. The number of thioether (sulfide) groups is 1. The van der Waals surface area contributed by atoms with Gasteiger partial charge in [0.25, 0.3) is 0 Å². The number of carboxylic acid groups (broad SMARTS) is 1. The van der Waals surface area contributed by atoms with Gasteiger partial charge < -0.3 is 9.84 Å². The molecule has 0 saturated carbocycles. The third kappa shape index (κ3) is 3.97. The van der Waals surface area contributed by atoms with Crippen LogP contribution in [0.2, 0.25) is 0 Å². The Bertz CT molecular complexity index is 369. The van der Waals surface area contributed by atoms with Crippen LogP contribution in [0.3, 0.4) is 0 Å². The van der Waals surface area contributed by atoms with Crippen molar-refractivity contribution < 1.29 is 14.6 Å². The Morgan fingerprint density at radius 3 is 2.76 bits per heavy atom. The van der Waals surface area contributed by atoms with Crippen LogP contribution in [0.5, 0.6) is 5.75 Å². The van der Waals surface area contributed by atoms with Gasteiger partial charge in [0, 0.05) is 12.2 Å². The van der Waals surface area contributed by atoms with Crippen molar-refractivity contribution in [1.29, 1.82) is 0 Å². The Kier molecular flexibility index (Phi) is 4.31. The van der Waals surface area contributed by atoms with Crippen LogP contribution < -0.4 is 4.74 Å². The lowest BCUT2D eigenvalue weighted by molar-refractivity contribution is -0.136. The predicted octanol–water partition coefficient (Wildman–Crippen LogP) is 2.59. The van der Waals surface area contributed by atoms with Gasteiger partial charge in [0.15, 0.2) is 0 Å². The molecule has 1 heterocycles. The molecule has 0 bridgehead atoms. The van der Waals surface area contributed by atoms with Gasteiger partial charge in [-0.15, -0.1) is 0 Å². The summed E-state index contributed by atoms with van der Waals surface area (Å²) in [6, 6.07) is 7.75. The second-order valence-corrected chi connectivity index (χ2v) is 5.29. The summed E-state index contributed by atoms with van der Waals surface area (Å²) in [7, 11) is 0. The molecule has 0 radical (unpaired) electrons. The molecule has 4 heteroatoms. The van der Waals surface area contributed by atoms with Crippen molar-refractivity contribution in [3.63, 3.8) is 0 Å². The molecule has 1 aliphatic rings. The van der Waals surface area contributed by atoms with E-state index in [1.165, 1.54) is 5.75 Å². The predicted molar refractivity (Wildman–Crippen MR) is 68.8 cm³/mol. The zero-order valence-electron chi connectivity index (χ0n) is 9.59. The first-order valence-corrected chi connectivity index (χ1v) is 6.94. The summed E-state index contributed by atoms with van der Waals surface area (Å²) in [4.78, 5) is 10.4. The normalized spacial score (nSPS) is 19.2. The van der Waals surface area contributed by atoms with E-state index in [1.807, 2.05) is 36.0 Å². The number of rotatable bonds is 5. The summed E-state index contributed by atoms with van der Waals surface area (Å²) in [5.74, 6) is 2.38. The van der Waals surface area contributed by atoms with Crippen LogP contribution in [-0.4, -0.2) is 28.7 Å². The van der Waals surface area contributed by atoms with Crippen LogP contribution in [0, 0.1) is 0 Å². The quantitative estimate of drug-likeness (QED) is 0.875. The van der Waals surface area contributed by atoms with E-state index in [4.69, 9.17) is 9.84 Å². The number of hydrogen-bond donors (Lipinski definition) is 1. The van der Waals surface area contributed by atoms with Crippen LogP contribution in [-0.2, 0) is 11.2 Å². The van der Waals surface area contributed by atoms with E-state index in [0.717, 1.165) is 23.5 Å². The third-order valence-electron chi connectivity index (χ3n) is 2.74. The number of carbonyl (C=O) groups is 1. The van der Waals surface area contributed by atoms with Crippen molar-refractivity contribution in [2.75, 3.05) is 11.5 Å². The number of ether oxygens (including phenoxy) is 1. The van der Waals surface area contributed by atoms with Gasteiger partial charge in [-0.2, -0.15) is 11.8 Å². The highest BCUT2D eigenvalue weighted by Gasteiger charge is 2.16. The van der Waals surface area contributed by atoms with Crippen LogP contribution in [0.1, 0.15) is 18.4 Å². The lowest BCUT2D eigenvalue weighted by Gasteiger charge is -2.12. The fourth-order valence-corrected chi connectivity index (χ4v) is 2.88. The van der Waals surface area contributed by atoms with Crippen LogP contribution in [0.25, 0.3) is 0 Å². The fraction of sp³-hybridized carbons (Fsp3) is 0.462. The Hall–Kier alpha value is -1.16. The van der Waals surface area contributed by atoms with Crippen molar-refractivity contribution in [3.8, 4) is 5.75 Å². The number of aliphatic carboxylic acids is 1. The summed E-state index contributed by atoms with van der Waals surface area (Å²) in [5.41, 5.74) is 1.04. The molecule has 1 atom stereocenters. The molecule has 0 amide bonds. The van der Waals surface area contributed by atoms with Gasteiger partial charge in [0.2, 0.25) is 0 Å². The molecule has 0 spiro atoms. The van der Waals surface area contributed by atoms with Gasteiger partial charge in [-0.1, -0.05) is 12.1 Å². The second kappa shape index (κ2) is 5.96. The molecule has 1 N–H and O–H groups in total. The number of hydrogen-bond acceptors (Lipinski definition) is 3.